The molecule has 0 heterocycles. The molecule has 0 saturated heterocycles. The van der Waals surface area contributed by atoms with Crippen molar-refractivity contribution in [3.63, 3.8) is 0 Å². The fourth-order valence-corrected chi connectivity index (χ4v) is 1.53. The van der Waals surface area contributed by atoms with Crippen LogP contribution in [0.1, 0.15) is 24.2 Å². The molecular weight excluding hydrogens is 263 g/mol. The van der Waals surface area contributed by atoms with Gasteiger partial charge in [-0.05, 0) is 32.0 Å². The van der Waals surface area contributed by atoms with E-state index < -0.39 is 30.4 Å². The van der Waals surface area contributed by atoms with Gasteiger partial charge in [-0.15, -0.1) is 0 Å². The molecule has 0 unspecified atom stereocenters. The van der Waals surface area contributed by atoms with Crippen molar-refractivity contribution in [2.75, 3.05) is 6.54 Å². The van der Waals surface area contributed by atoms with Gasteiger partial charge in [0.05, 0.1) is 5.56 Å². The number of nitrogens with zero attached hydrogens (tertiary/aromatic N) is 1. The zero-order valence-corrected chi connectivity index (χ0v) is 10.4. The predicted molar refractivity (Wildman–Crippen MR) is 62.0 cm³/mol. The third-order valence-electron chi connectivity index (χ3n) is 2.44. The summed E-state index contributed by atoms with van der Waals surface area (Å²) in [5, 5.41) is 18.7. The Balaban J connectivity index is 3.09. The van der Waals surface area contributed by atoms with Crippen LogP contribution < -0.4 is 0 Å². The Labute approximate surface area is 108 Å². The van der Waals surface area contributed by atoms with E-state index in [0.29, 0.717) is 4.90 Å². The van der Waals surface area contributed by atoms with E-state index in [1.807, 2.05) is 0 Å². The molecule has 2 N–H and O–H groups in total. The standard InChI is InChI=1S/C12H14F3NO3/c1-7(2)16(6-12(13,14)15)11(19)9-5-8(17)3-4-10(9)18/h3-5,7,17-18H,6H2,1-2H3. The molecule has 0 aliphatic heterocycles. The van der Waals surface area contributed by atoms with Crippen molar-refractivity contribution in [3.05, 3.63) is 23.8 Å². The average molecular weight is 277 g/mol. The van der Waals surface area contributed by atoms with Crippen LogP contribution in [0.3, 0.4) is 0 Å². The maximum atomic E-state index is 12.4. The fourth-order valence-electron chi connectivity index (χ4n) is 1.53. The first-order chi connectivity index (χ1) is 8.61. The molecule has 7 heteroatoms. The minimum absolute atomic E-state index is 0.308. The SMILES string of the molecule is CC(C)N(CC(F)(F)F)C(=O)c1cc(O)ccc1O. The number of benzene rings is 1. The highest BCUT2D eigenvalue weighted by Crippen LogP contribution is 2.26. The van der Waals surface area contributed by atoms with Crippen molar-refractivity contribution in [3.8, 4) is 11.5 Å². The van der Waals surface area contributed by atoms with E-state index in [1.165, 1.54) is 13.8 Å². The van der Waals surface area contributed by atoms with Gasteiger partial charge >= 0.3 is 6.18 Å². The Bertz CT molecular complexity index is 472. The van der Waals surface area contributed by atoms with Crippen LogP contribution in [0.4, 0.5) is 13.2 Å². The third kappa shape index (κ3) is 4.04. The largest absolute Gasteiger partial charge is 0.508 e. The van der Waals surface area contributed by atoms with E-state index in [-0.39, 0.29) is 11.3 Å². The van der Waals surface area contributed by atoms with E-state index in [2.05, 4.69) is 0 Å². The molecule has 0 saturated carbocycles. The number of amides is 1. The summed E-state index contributed by atoms with van der Waals surface area (Å²) in [6.45, 7) is 1.45. The zero-order chi connectivity index (χ0) is 14.8. The summed E-state index contributed by atoms with van der Waals surface area (Å²) >= 11 is 0. The Morgan fingerprint density at radius 2 is 1.89 bits per heavy atom. The first-order valence-electron chi connectivity index (χ1n) is 5.51. The lowest BCUT2D eigenvalue weighted by Crippen LogP contribution is -2.43. The molecule has 0 spiro atoms. The van der Waals surface area contributed by atoms with E-state index in [0.717, 1.165) is 18.2 Å². The number of carbonyl (C=O) groups excluding carboxylic acids is 1. The molecule has 0 aliphatic rings. The number of halogens is 3. The van der Waals surface area contributed by atoms with E-state index in [4.69, 9.17) is 0 Å². The topological polar surface area (TPSA) is 60.8 Å². The first kappa shape index (κ1) is 15.1. The lowest BCUT2D eigenvalue weighted by Gasteiger charge is -2.28. The first-order valence-corrected chi connectivity index (χ1v) is 5.51. The number of alkyl halides is 3. The lowest BCUT2D eigenvalue weighted by atomic mass is 10.1. The van der Waals surface area contributed by atoms with Gasteiger partial charge in [-0.25, -0.2) is 0 Å². The molecule has 1 aromatic carbocycles. The Hall–Kier alpha value is -1.92. The van der Waals surface area contributed by atoms with Crippen molar-refractivity contribution in [2.24, 2.45) is 0 Å². The second kappa shape index (κ2) is 5.38. The van der Waals surface area contributed by atoms with Crippen LogP contribution in [-0.2, 0) is 0 Å². The number of rotatable bonds is 3. The van der Waals surface area contributed by atoms with Gasteiger partial charge in [0, 0.05) is 6.04 Å². The molecule has 106 valence electrons. The molecule has 0 radical (unpaired) electrons. The van der Waals surface area contributed by atoms with E-state index in [9.17, 15) is 28.2 Å². The van der Waals surface area contributed by atoms with Crippen LogP contribution in [-0.4, -0.2) is 39.8 Å². The van der Waals surface area contributed by atoms with Crippen molar-refractivity contribution >= 4 is 5.91 Å². The molecule has 19 heavy (non-hydrogen) atoms. The normalized spacial score (nSPS) is 11.7. The monoisotopic (exact) mass is 277 g/mol. The van der Waals surface area contributed by atoms with Crippen LogP contribution in [0.15, 0.2) is 18.2 Å². The second-order valence-corrected chi connectivity index (χ2v) is 4.34. The van der Waals surface area contributed by atoms with Gasteiger partial charge in [0.15, 0.2) is 0 Å². The molecule has 1 rings (SSSR count). The summed E-state index contributed by atoms with van der Waals surface area (Å²) in [6.07, 6.45) is -4.54. The van der Waals surface area contributed by atoms with Gasteiger partial charge in [0.2, 0.25) is 0 Å². The quantitative estimate of drug-likeness (QED) is 0.834. The molecule has 0 bridgehead atoms. The second-order valence-electron chi connectivity index (χ2n) is 4.34. The average Bonchev–Trinajstić information content (AvgIpc) is 2.27. The highest BCUT2D eigenvalue weighted by atomic mass is 19.4. The summed E-state index contributed by atoms with van der Waals surface area (Å²) in [4.78, 5) is 12.6. The van der Waals surface area contributed by atoms with Gasteiger partial charge < -0.3 is 15.1 Å². The number of phenolic OH excluding ortho intramolecular Hbond substituents is 2. The van der Waals surface area contributed by atoms with Crippen LogP contribution in [0, 0.1) is 0 Å². The van der Waals surface area contributed by atoms with E-state index in [1.54, 1.807) is 0 Å². The molecule has 0 aromatic heterocycles. The predicted octanol–water partition coefficient (Wildman–Crippen LogP) is 2.51. The maximum absolute atomic E-state index is 12.4. The van der Waals surface area contributed by atoms with Crippen LogP contribution in [0.5, 0.6) is 11.5 Å². The number of hydrogen-bond donors (Lipinski definition) is 2. The summed E-state index contributed by atoms with van der Waals surface area (Å²) in [5.41, 5.74) is -0.363. The number of carbonyl (C=O) groups is 1. The molecule has 1 amide bonds. The van der Waals surface area contributed by atoms with Crippen molar-refractivity contribution in [1.82, 2.24) is 4.90 Å². The van der Waals surface area contributed by atoms with E-state index >= 15 is 0 Å². The van der Waals surface area contributed by atoms with Gasteiger partial charge in [0.25, 0.3) is 5.91 Å². The number of aromatic hydroxyl groups is 2. The van der Waals surface area contributed by atoms with Gasteiger partial charge in [-0.2, -0.15) is 13.2 Å². The van der Waals surface area contributed by atoms with Gasteiger partial charge in [-0.1, -0.05) is 0 Å². The van der Waals surface area contributed by atoms with Gasteiger partial charge in [0.1, 0.15) is 18.0 Å². The Morgan fingerprint density at radius 3 is 2.37 bits per heavy atom. The molecule has 0 aliphatic carbocycles. The highest BCUT2D eigenvalue weighted by Gasteiger charge is 2.35. The lowest BCUT2D eigenvalue weighted by molar-refractivity contribution is -0.143. The summed E-state index contributed by atoms with van der Waals surface area (Å²) in [5.74, 6) is -1.77. The van der Waals surface area contributed by atoms with Crippen LogP contribution in [0.25, 0.3) is 0 Å². The zero-order valence-electron chi connectivity index (χ0n) is 10.4. The van der Waals surface area contributed by atoms with Crippen LogP contribution in [0.2, 0.25) is 0 Å². The smallest absolute Gasteiger partial charge is 0.406 e. The summed E-state index contributed by atoms with van der Waals surface area (Å²) < 4.78 is 37.2. The molecule has 0 fully saturated rings. The molecule has 0 atom stereocenters. The Morgan fingerprint density at radius 1 is 1.32 bits per heavy atom. The molecular formula is C12H14F3NO3. The van der Waals surface area contributed by atoms with Crippen LogP contribution >= 0.6 is 0 Å². The fraction of sp³-hybridized carbons (Fsp3) is 0.417. The third-order valence-corrected chi connectivity index (χ3v) is 2.44. The number of hydrogen-bond acceptors (Lipinski definition) is 3. The molecule has 4 nitrogen and oxygen atoms in total. The van der Waals surface area contributed by atoms with Crippen molar-refractivity contribution < 1.29 is 28.2 Å². The van der Waals surface area contributed by atoms with Crippen molar-refractivity contribution in [2.45, 2.75) is 26.1 Å². The maximum Gasteiger partial charge on any atom is 0.406 e. The van der Waals surface area contributed by atoms with Gasteiger partial charge in [-0.3, -0.25) is 4.79 Å². The highest BCUT2D eigenvalue weighted by molar-refractivity contribution is 5.97. The Kier molecular flexibility index (Phi) is 4.28. The minimum Gasteiger partial charge on any atom is -0.508 e. The molecule has 1 aromatic rings. The summed E-state index contributed by atoms with van der Waals surface area (Å²) in [7, 11) is 0. The van der Waals surface area contributed by atoms with Crippen molar-refractivity contribution in [1.29, 1.82) is 0 Å². The minimum atomic E-state index is -4.54. The number of phenols is 2. The summed E-state index contributed by atoms with van der Waals surface area (Å²) in [6, 6.07) is 2.42.